The van der Waals surface area contributed by atoms with Crippen molar-refractivity contribution in [3.8, 4) is 11.1 Å². The van der Waals surface area contributed by atoms with Gasteiger partial charge in [-0.3, -0.25) is 0 Å². The fraction of sp³-hybridized carbons (Fsp3) is 0.143. The highest BCUT2D eigenvalue weighted by atomic mass is 19.1. The van der Waals surface area contributed by atoms with Crippen LogP contribution in [0.1, 0.15) is 17.3 Å². The van der Waals surface area contributed by atoms with Gasteiger partial charge in [-0.25, -0.2) is 14.2 Å². The van der Waals surface area contributed by atoms with Gasteiger partial charge in [0.25, 0.3) is 0 Å². The molecule has 0 saturated carbocycles. The van der Waals surface area contributed by atoms with Gasteiger partial charge in [0.15, 0.2) is 0 Å². The first-order valence-corrected chi connectivity index (χ1v) is 5.80. The SMILES string of the molecule is CCOC(=O)c1cc(-c2cccc(F)c2)cnc1N. The van der Waals surface area contributed by atoms with E-state index in [0.29, 0.717) is 11.1 Å². The summed E-state index contributed by atoms with van der Waals surface area (Å²) in [5.74, 6) is -0.795. The predicted octanol–water partition coefficient (Wildman–Crippen LogP) is 2.65. The number of nitrogens with two attached hydrogens (primary N) is 1. The van der Waals surface area contributed by atoms with Crippen LogP contribution in [-0.4, -0.2) is 17.6 Å². The molecular weight excluding hydrogens is 247 g/mol. The Balaban J connectivity index is 2.44. The standard InChI is InChI=1S/C14H13FN2O2/c1-2-19-14(18)12-7-10(8-17-13(12)16)9-4-3-5-11(15)6-9/h3-8H,2H2,1H3,(H2,16,17). The summed E-state index contributed by atoms with van der Waals surface area (Å²) in [4.78, 5) is 15.6. The highest BCUT2D eigenvalue weighted by molar-refractivity contribution is 5.95. The Morgan fingerprint density at radius 1 is 1.37 bits per heavy atom. The molecule has 1 aromatic carbocycles. The second kappa shape index (κ2) is 5.48. The van der Waals surface area contributed by atoms with Crippen molar-refractivity contribution in [2.75, 3.05) is 12.3 Å². The van der Waals surface area contributed by atoms with E-state index in [1.165, 1.54) is 18.3 Å². The van der Waals surface area contributed by atoms with Gasteiger partial charge in [-0.1, -0.05) is 12.1 Å². The lowest BCUT2D eigenvalue weighted by atomic mass is 10.1. The molecule has 0 atom stereocenters. The lowest BCUT2D eigenvalue weighted by molar-refractivity contribution is 0.0527. The zero-order chi connectivity index (χ0) is 13.8. The molecule has 0 unspecified atom stereocenters. The zero-order valence-electron chi connectivity index (χ0n) is 10.4. The molecule has 0 amide bonds. The summed E-state index contributed by atoms with van der Waals surface area (Å²) >= 11 is 0. The number of ether oxygens (including phenoxy) is 1. The first kappa shape index (κ1) is 13.0. The lowest BCUT2D eigenvalue weighted by Crippen LogP contribution is -2.09. The van der Waals surface area contributed by atoms with Crippen molar-refractivity contribution >= 4 is 11.8 Å². The second-order valence-electron chi connectivity index (χ2n) is 3.89. The van der Waals surface area contributed by atoms with E-state index in [1.54, 1.807) is 25.1 Å². The van der Waals surface area contributed by atoms with Gasteiger partial charge in [-0.15, -0.1) is 0 Å². The maximum absolute atomic E-state index is 13.2. The van der Waals surface area contributed by atoms with Gasteiger partial charge < -0.3 is 10.5 Å². The molecule has 0 saturated heterocycles. The van der Waals surface area contributed by atoms with E-state index in [2.05, 4.69) is 4.98 Å². The molecule has 19 heavy (non-hydrogen) atoms. The molecule has 0 aliphatic rings. The molecule has 5 heteroatoms. The maximum atomic E-state index is 13.2. The largest absolute Gasteiger partial charge is 0.462 e. The minimum absolute atomic E-state index is 0.0959. The van der Waals surface area contributed by atoms with E-state index in [-0.39, 0.29) is 23.8 Å². The smallest absolute Gasteiger partial charge is 0.341 e. The van der Waals surface area contributed by atoms with Crippen LogP contribution in [-0.2, 0) is 4.74 Å². The van der Waals surface area contributed by atoms with Crippen LogP contribution in [0.5, 0.6) is 0 Å². The average Bonchev–Trinajstić information content (AvgIpc) is 2.39. The average molecular weight is 260 g/mol. The highest BCUT2D eigenvalue weighted by Gasteiger charge is 2.13. The molecule has 1 aromatic heterocycles. The summed E-state index contributed by atoms with van der Waals surface area (Å²) in [5, 5.41) is 0. The number of hydrogen-bond donors (Lipinski definition) is 1. The number of carbonyl (C=O) groups excluding carboxylic acids is 1. The zero-order valence-corrected chi connectivity index (χ0v) is 10.4. The molecule has 2 aromatic rings. The number of pyridine rings is 1. The summed E-state index contributed by atoms with van der Waals surface area (Å²) < 4.78 is 18.1. The number of anilines is 1. The van der Waals surface area contributed by atoms with Crippen LogP contribution in [0.3, 0.4) is 0 Å². The van der Waals surface area contributed by atoms with E-state index in [0.717, 1.165) is 0 Å². The fourth-order valence-corrected chi connectivity index (χ4v) is 1.67. The number of nitrogens with zero attached hydrogens (tertiary/aromatic N) is 1. The summed E-state index contributed by atoms with van der Waals surface area (Å²) in [6.07, 6.45) is 1.49. The summed E-state index contributed by atoms with van der Waals surface area (Å²) in [6.45, 7) is 1.96. The molecule has 0 fully saturated rings. The third-order valence-corrected chi connectivity index (χ3v) is 2.57. The summed E-state index contributed by atoms with van der Waals surface area (Å²) in [5.41, 5.74) is 7.06. The van der Waals surface area contributed by atoms with Crippen molar-refractivity contribution < 1.29 is 13.9 Å². The molecule has 0 spiro atoms. The van der Waals surface area contributed by atoms with Gasteiger partial charge in [0.05, 0.1) is 6.61 Å². The number of halogens is 1. The van der Waals surface area contributed by atoms with Crippen LogP contribution in [0.4, 0.5) is 10.2 Å². The fourth-order valence-electron chi connectivity index (χ4n) is 1.67. The van der Waals surface area contributed by atoms with Gasteiger partial charge in [0.2, 0.25) is 0 Å². The van der Waals surface area contributed by atoms with Crippen LogP contribution in [0.2, 0.25) is 0 Å². The molecule has 98 valence electrons. The normalized spacial score (nSPS) is 10.2. The predicted molar refractivity (Wildman–Crippen MR) is 70.0 cm³/mol. The van der Waals surface area contributed by atoms with Crippen LogP contribution in [0, 0.1) is 5.82 Å². The first-order chi connectivity index (χ1) is 9.11. The molecular formula is C14H13FN2O2. The number of aromatic nitrogens is 1. The number of carbonyl (C=O) groups is 1. The van der Waals surface area contributed by atoms with Crippen molar-refractivity contribution in [2.45, 2.75) is 6.92 Å². The Kier molecular flexibility index (Phi) is 3.75. The summed E-state index contributed by atoms with van der Waals surface area (Å²) in [6, 6.07) is 7.58. The van der Waals surface area contributed by atoms with Gasteiger partial charge in [-0.2, -0.15) is 0 Å². The van der Waals surface area contributed by atoms with Crippen LogP contribution in [0.25, 0.3) is 11.1 Å². The van der Waals surface area contributed by atoms with Gasteiger partial charge in [0.1, 0.15) is 17.2 Å². The number of hydrogen-bond acceptors (Lipinski definition) is 4. The van der Waals surface area contributed by atoms with E-state index in [4.69, 9.17) is 10.5 Å². The Bertz CT molecular complexity index is 614. The van der Waals surface area contributed by atoms with Crippen LogP contribution < -0.4 is 5.73 Å². The van der Waals surface area contributed by atoms with Crippen molar-refractivity contribution in [3.63, 3.8) is 0 Å². The first-order valence-electron chi connectivity index (χ1n) is 5.80. The van der Waals surface area contributed by atoms with Gasteiger partial charge >= 0.3 is 5.97 Å². The molecule has 2 rings (SSSR count). The third kappa shape index (κ3) is 2.88. The van der Waals surface area contributed by atoms with Crippen molar-refractivity contribution in [2.24, 2.45) is 0 Å². The molecule has 2 N–H and O–H groups in total. The van der Waals surface area contributed by atoms with Crippen molar-refractivity contribution in [3.05, 3.63) is 47.9 Å². The molecule has 0 aliphatic heterocycles. The van der Waals surface area contributed by atoms with Crippen molar-refractivity contribution in [1.82, 2.24) is 4.98 Å². The Morgan fingerprint density at radius 3 is 2.84 bits per heavy atom. The number of nitrogen functional groups attached to an aromatic ring is 1. The highest BCUT2D eigenvalue weighted by Crippen LogP contribution is 2.23. The minimum Gasteiger partial charge on any atom is -0.462 e. The third-order valence-electron chi connectivity index (χ3n) is 2.57. The number of benzene rings is 1. The van der Waals surface area contributed by atoms with E-state index < -0.39 is 5.97 Å². The van der Waals surface area contributed by atoms with Gasteiger partial charge in [0, 0.05) is 11.8 Å². The van der Waals surface area contributed by atoms with E-state index in [9.17, 15) is 9.18 Å². The van der Waals surface area contributed by atoms with Crippen LogP contribution in [0.15, 0.2) is 36.5 Å². The minimum atomic E-state index is -0.536. The Labute approximate surface area is 110 Å². The van der Waals surface area contributed by atoms with E-state index in [1.807, 2.05) is 0 Å². The lowest BCUT2D eigenvalue weighted by Gasteiger charge is -2.07. The molecule has 0 aliphatic carbocycles. The molecule has 1 heterocycles. The number of esters is 1. The maximum Gasteiger partial charge on any atom is 0.341 e. The number of rotatable bonds is 3. The monoisotopic (exact) mass is 260 g/mol. The summed E-state index contributed by atoms with van der Waals surface area (Å²) in [7, 11) is 0. The quantitative estimate of drug-likeness (QED) is 0.861. The topological polar surface area (TPSA) is 65.2 Å². The van der Waals surface area contributed by atoms with E-state index >= 15 is 0 Å². The second-order valence-corrected chi connectivity index (χ2v) is 3.89. The molecule has 4 nitrogen and oxygen atoms in total. The molecule has 0 radical (unpaired) electrons. The molecule has 0 bridgehead atoms. The van der Waals surface area contributed by atoms with Crippen LogP contribution >= 0.6 is 0 Å². The Hall–Kier alpha value is -2.43. The Morgan fingerprint density at radius 2 is 2.16 bits per heavy atom. The van der Waals surface area contributed by atoms with Crippen molar-refractivity contribution in [1.29, 1.82) is 0 Å². The van der Waals surface area contributed by atoms with Gasteiger partial charge in [-0.05, 0) is 30.7 Å².